The highest BCUT2D eigenvalue weighted by Crippen LogP contribution is 2.29. The highest BCUT2D eigenvalue weighted by atomic mass is 19.4. The van der Waals surface area contributed by atoms with Crippen LogP contribution in [0.4, 0.5) is 13.2 Å². The van der Waals surface area contributed by atoms with E-state index >= 15 is 0 Å². The summed E-state index contributed by atoms with van der Waals surface area (Å²) in [5, 5.41) is 13.0. The maximum Gasteiger partial charge on any atom is 0.573 e. The first kappa shape index (κ1) is 25.7. The summed E-state index contributed by atoms with van der Waals surface area (Å²) in [5.74, 6) is -1.10. The standard InChI is InChI=1S/C26H24F3N5O3/c1-13(16-6-5-7-18(10-16)37-26(27,28)29)32-24(35)21-12-20(14(2)31-15(21)3)17-8-9-19-22(11-17)33-34-23(19)25(36)30-4/h5-13H,1-4H3,(H,30,36)(H,32,35)(H,33,34). The van der Waals surface area contributed by atoms with Gasteiger partial charge < -0.3 is 15.4 Å². The molecule has 0 saturated heterocycles. The first-order chi connectivity index (χ1) is 17.5. The molecule has 0 saturated carbocycles. The van der Waals surface area contributed by atoms with Crippen LogP contribution >= 0.6 is 0 Å². The number of alkyl halides is 3. The monoisotopic (exact) mass is 511 g/mol. The van der Waals surface area contributed by atoms with Gasteiger partial charge in [0.05, 0.1) is 22.8 Å². The predicted octanol–water partition coefficient (Wildman–Crippen LogP) is 4.99. The number of fused-ring (bicyclic) bond motifs is 1. The maximum absolute atomic E-state index is 13.2. The number of amides is 2. The van der Waals surface area contributed by atoms with Crippen LogP contribution in [0, 0.1) is 13.8 Å². The van der Waals surface area contributed by atoms with Gasteiger partial charge in [0.15, 0.2) is 5.69 Å². The first-order valence-electron chi connectivity index (χ1n) is 11.3. The van der Waals surface area contributed by atoms with Crippen LogP contribution in [0.3, 0.4) is 0 Å². The SMILES string of the molecule is CNC(=O)c1n[nH]c2cc(-c3cc(C(=O)NC(C)c4cccc(OC(F)(F)F)c4)c(C)nc3C)ccc12. The topological polar surface area (TPSA) is 109 Å². The number of aryl methyl sites for hydroxylation is 2. The van der Waals surface area contributed by atoms with Crippen LogP contribution < -0.4 is 15.4 Å². The number of ether oxygens (including phenoxy) is 1. The van der Waals surface area contributed by atoms with Crippen molar-refractivity contribution in [3.63, 3.8) is 0 Å². The fourth-order valence-electron chi connectivity index (χ4n) is 4.06. The summed E-state index contributed by atoms with van der Waals surface area (Å²) in [7, 11) is 1.53. The predicted molar refractivity (Wildman–Crippen MR) is 131 cm³/mol. The van der Waals surface area contributed by atoms with E-state index in [-0.39, 0.29) is 17.4 Å². The fraction of sp³-hybridized carbons (Fsp3) is 0.231. The smallest absolute Gasteiger partial charge is 0.406 e. The molecule has 2 aromatic heterocycles. The molecule has 2 heterocycles. The number of nitrogens with one attached hydrogen (secondary N) is 3. The van der Waals surface area contributed by atoms with Crippen molar-refractivity contribution in [2.24, 2.45) is 0 Å². The van der Waals surface area contributed by atoms with Gasteiger partial charge >= 0.3 is 6.36 Å². The van der Waals surface area contributed by atoms with E-state index in [1.807, 2.05) is 19.1 Å². The second kappa shape index (κ2) is 9.92. The summed E-state index contributed by atoms with van der Waals surface area (Å²) in [5.41, 5.74) is 4.38. The van der Waals surface area contributed by atoms with Gasteiger partial charge in [0.1, 0.15) is 5.75 Å². The van der Waals surface area contributed by atoms with Crippen LogP contribution in [0.25, 0.3) is 22.0 Å². The Bertz CT molecular complexity index is 1500. The van der Waals surface area contributed by atoms with Gasteiger partial charge in [-0.05, 0) is 62.2 Å². The molecule has 0 fully saturated rings. The van der Waals surface area contributed by atoms with Crippen molar-refractivity contribution in [3.05, 3.63) is 76.7 Å². The third-order valence-corrected chi connectivity index (χ3v) is 5.90. The van der Waals surface area contributed by atoms with Crippen molar-refractivity contribution in [2.45, 2.75) is 33.2 Å². The lowest BCUT2D eigenvalue weighted by Gasteiger charge is -2.18. The van der Waals surface area contributed by atoms with Gasteiger partial charge in [-0.15, -0.1) is 13.2 Å². The molecule has 8 nitrogen and oxygen atoms in total. The second-order valence-corrected chi connectivity index (χ2v) is 8.48. The third-order valence-electron chi connectivity index (χ3n) is 5.90. The number of H-pyrrole nitrogens is 1. The van der Waals surface area contributed by atoms with E-state index in [2.05, 4.69) is 30.6 Å². The average molecular weight is 512 g/mol. The molecule has 11 heteroatoms. The largest absolute Gasteiger partial charge is 0.573 e. The molecule has 0 bridgehead atoms. The Morgan fingerprint density at radius 3 is 2.49 bits per heavy atom. The van der Waals surface area contributed by atoms with Crippen molar-refractivity contribution in [3.8, 4) is 16.9 Å². The van der Waals surface area contributed by atoms with E-state index in [4.69, 9.17) is 0 Å². The summed E-state index contributed by atoms with van der Waals surface area (Å²) in [6.45, 7) is 5.20. The lowest BCUT2D eigenvalue weighted by molar-refractivity contribution is -0.274. The van der Waals surface area contributed by atoms with Crippen molar-refractivity contribution < 1.29 is 27.5 Å². The fourth-order valence-corrected chi connectivity index (χ4v) is 4.06. The van der Waals surface area contributed by atoms with E-state index in [9.17, 15) is 22.8 Å². The van der Waals surface area contributed by atoms with Crippen LogP contribution in [0.15, 0.2) is 48.5 Å². The Balaban J connectivity index is 1.61. The quantitative estimate of drug-likeness (QED) is 0.338. The normalized spacial score (nSPS) is 12.3. The minimum atomic E-state index is -4.81. The van der Waals surface area contributed by atoms with Crippen LogP contribution in [0.2, 0.25) is 0 Å². The molecule has 2 amide bonds. The van der Waals surface area contributed by atoms with E-state index in [0.29, 0.717) is 39.0 Å². The molecule has 0 spiro atoms. The number of pyridine rings is 1. The molecule has 0 aliphatic rings. The Morgan fingerprint density at radius 1 is 1.03 bits per heavy atom. The highest BCUT2D eigenvalue weighted by Gasteiger charge is 2.31. The molecule has 3 N–H and O–H groups in total. The second-order valence-electron chi connectivity index (χ2n) is 8.48. The van der Waals surface area contributed by atoms with Crippen LogP contribution in [0.5, 0.6) is 5.75 Å². The molecule has 37 heavy (non-hydrogen) atoms. The minimum Gasteiger partial charge on any atom is -0.406 e. The third kappa shape index (κ3) is 5.55. The van der Waals surface area contributed by atoms with Gasteiger partial charge in [-0.25, -0.2) is 0 Å². The zero-order valence-corrected chi connectivity index (χ0v) is 20.4. The van der Waals surface area contributed by atoms with Gasteiger partial charge in [-0.2, -0.15) is 5.10 Å². The molecule has 1 unspecified atom stereocenters. The summed E-state index contributed by atoms with van der Waals surface area (Å²) in [6.07, 6.45) is -4.81. The maximum atomic E-state index is 13.2. The van der Waals surface area contributed by atoms with Gasteiger partial charge in [-0.3, -0.25) is 19.7 Å². The van der Waals surface area contributed by atoms with Gasteiger partial charge in [0.25, 0.3) is 11.8 Å². The number of hydrogen-bond acceptors (Lipinski definition) is 5. The first-order valence-corrected chi connectivity index (χ1v) is 11.3. The van der Waals surface area contributed by atoms with E-state index in [0.717, 1.165) is 5.56 Å². The summed E-state index contributed by atoms with van der Waals surface area (Å²) in [6, 6.07) is 12.0. The van der Waals surface area contributed by atoms with Crippen molar-refractivity contribution in [2.75, 3.05) is 7.05 Å². The Labute approximate surface area is 210 Å². The molecule has 0 radical (unpaired) electrons. The van der Waals surface area contributed by atoms with Crippen molar-refractivity contribution in [1.29, 1.82) is 0 Å². The van der Waals surface area contributed by atoms with E-state index in [1.165, 1.54) is 25.2 Å². The lowest BCUT2D eigenvalue weighted by atomic mass is 9.99. The molecule has 4 aromatic rings. The number of nitrogens with zero attached hydrogens (tertiary/aromatic N) is 2. The molecule has 0 aliphatic heterocycles. The molecule has 2 aromatic carbocycles. The number of carbonyl (C=O) groups excluding carboxylic acids is 2. The van der Waals surface area contributed by atoms with Crippen molar-refractivity contribution in [1.82, 2.24) is 25.8 Å². The molecule has 4 rings (SSSR count). The molecule has 1 atom stereocenters. The zero-order chi connectivity index (χ0) is 26.9. The van der Waals surface area contributed by atoms with Gasteiger partial charge in [-0.1, -0.05) is 18.2 Å². The molecule has 192 valence electrons. The Morgan fingerprint density at radius 2 is 1.78 bits per heavy atom. The number of benzene rings is 2. The van der Waals surface area contributed by atoms with E-state index in [1.54, 1.807) is 32.0 Å². The van der Waals surface area contributed by atoms with Crippen molar-refractivity contribution >= 4 is 22.7 Å². The number of rotatable bonds is 6. The molecular formula is C26H24F3N5O3. The van der Waals surface area contributed by atoms with Crippen LogP contribution in [-0.4, -0.2) is 40.4 Å². The number of aromatic amines is 1. The van der Waals surface area contributed by atoms with Gasteiger partial charge in [0.2, 0.25) is 0 Å². The highest BCUT2D eigenvalue weighted by molar-refractivity contribution is 6.05. The number of aromatic nitrogens is 3. The molecular weight excluding hydrogens is 487 g/mol. The van der Waals surface area contributed by atoms with Crippen LogP contribution in [0.1, 0.15) is 50.8 Å². The number of hydrogen-bond donors (Lipinski definition) is 3. The van der Waals surface area contributed by atoms with Gasteiger partial charge in [0, 0.05) is 23.7 Å². The summed E-state index contributed by atoms with van der Waals surface area (Å²) < 4.78 is 41.7. The summed E-state index contributed by atoms with van der Waals surface area (Å²) in [4.78, 5) is 29.7. The average Bonchev–Trinajstić information content (AvgIpc) is 3.26. The minimum absolute atomic E-state index is 0.279. The number of halogens is 3. The Hall–Kier alpha value is -4.41. The molecule has 0 aliphatic carbocycles. The Kier molecular flexibility index (Phi) is 6.88. The van der Waals surface area contributed by atoms with E-state index < -0.39 is 18.3 Å². The van der Waals surface area contributed by atoms with Crippen LogP contribution in [-0.2, 0) is 0 Å². The zero-order valence-electron chi connectivity index (χ0n) is 20.4. The lowest BCUT2D eigenvalue weighted by Crippen LogP contribution is -2.28. The number of carbonyl (C=O) groups is 2. The summed E-state index contributed by atoms with van der Waals surface area (Å²) >= 11 is 0.